The second-order valence-electron chi connectivity index (χ2n) is 21.1. The fourth-order valence-corrected chi connectivity index (χ4v) is 8.05. The number of carbonyl (C=O) groups is 1. The summed E-state index contributed by atoms with van der Waals surface area (Å²) in [6.45, 7) is 49.1. The van der Waals surface area contributed by atoms with Crippen molar-refractivity contribution in [2.45, 2.75) is 229 Å². The first-order valence-corrected chi connectivity index (χ1v) is 23.1. The Balaban J connectivity index is 4.47. The van der Waals surface area contributed by atoms with E-state index in [4.69, 9.17) is 28.4 Å². The molecule has 5 atom stereocenters. The highest BCUT2D eigenvalue weighted by Crippen LogP contribution is 2.44. The molecule has 9 heteroatoms. The first kappa shape index (κ1) is 52.0. The molecule has 1 fully saturated rings. The van der Waals surface area contributed by atoms with Gasteiger partial charge in [-0.05, 0) is 138 Å². The molecular formula is C45H88O7S2. The third-order valence-corrected chi connectivity index (χ3v) is 15.7. The van der Waals surface area contributed by atoms with Crippen LogP contribution in [0, 0.1) is 35.0 Å². The molecular weight excluding hydrogens is 717 g/mol. The summed E-state index contributed by atoms with van der Waals surface area (Å²) in [6.07, 6.45) is -1.89. The Kier molecular flexibility index (Phi) is 19.5. The lowest BCUT2D eigenvalue weighted by Gasteiger charge is -2.51. The van der Waals surface area contributed by atoms with Crippen LogP contribution in [0.25, 0.3) is 0 Å². The van der Waals surface area contributed by atoms with Crippen LogP contribution in [0.3, 0.4) is 0 Å². The van der Waals surface area contributed by atoms with Gasteiger partial charge in [-0.2, -0.15) is 0 Å². The average molecular weight is 805 g/mol. The van der Waals surface area contributed by atoms with E-state index in [1.807, 2.05) is 44.3 Å². The second kappa shape index (κ2) is 20.3. The third kappa shape index (κ3) is 15.3. The Hall–Kier alpha value is -0.0300. The van der Waals surface area contributed by atoms with E-state index in [1.165, 1.54) is 0 Å². The van der Waals surface area contributed by atoms with Crippen LogP contribution in [0.1, 0.15) is 166 Å². The molecule has 1 heterocycles. The molecule has 0 amide bonds. The van der Waals surface area contributed by atoms with Crippen molar-refractivity contribution in [1.29, 1.82) is 0 Å². The number of hydrogen-bond acceptors (Lipinski definition) is 9. The van der Waals surface area contributed by atoms with Gasteiger partial charge < -0.3 is 28.4 Å². The highest BCUT2D eigenvalue weighted by molar-refractivity contribution is 8.17. The van der Waals surface area contributed by atoms with Gasteiger partial charge in [0.2, 0.25) is 0 Å². The monoisotopic (exact) mass is 805 g/mol. The molecule has 7 nitrogen and oxygen atoms in total. The Morgan fingerprint density at radius 2 is 0.833 bits per heavy atom. The van der Waals surface area contributed by atoms with Crippen molar-refractivity contribution in [2.75, 3.05) is 18.1 Å². The zero-order valence-corrected chi connectivity index (χ0v) is 41.0. The van der Waals surface area contributed by atoms with Gasteiger partial charge >= 0.3 is 5.97 Å². The van der Waals surface area contributed by atoms with E-state index in [2.05, 4.69) is 138 Å². The van der Waals surface area contributed by atoms with E-state index in [0.29, 0.717) is 0 Å². The summed E-state index contributed by atoms with van der Waals surface area (Å²) in [7, 11) is 0. The third-order valence-electron chi connectivity index (χ3n) is 12.6. The molecule has 0 saturated carbocycles. The fourth-order valence-electron chi connectivity index (χ4n) is 5.01. The number of carbonyl (C=O) groups excluding carboxylic acids is 1. The zero-order chi connectivity index (χ0) is 42.4. The lowest BCUT2D eigenvalue weighted by molar-refractivity contribution is -0.293. The number of esters is 1. The molecule has 1 aliphatic rings. The molecule has 0 aliphatic carbocycles. The van der Waals surface area contributed by atoms with Gasteiger partial charge in [0, 0.05) is 0 Å². The summed E-state index contributed by atoms with van der Waals surface area (Å²) in [4.78, 5) is 13.5. The fraction of sp³-hybridized carbons (Fsp3) is 0.978. The molecule has 0 aromatic carbocycles. The SMILES string of the molecule is CC(C)C(C)(C)OC(COC(=O)C(C)(C)C)[C@@H](OC(C)(C)C(C)C)C(OC(C)(C)C(C)C)[C@@H](OC(C)(C)C(C)C)C(OC(C)(C)C(C)C)C1SCCCS1. The molecule has 1 rings (SSSR count). The summed E-state index contributed by atoms with van der Waals surface area (Å²) in [5.41, 5.74) is -3.49. The highest BCUT2D eigenvalue weighted by atomic mass is 32.2. The molecule has 1 aliphatic heterocycles. The van der Waals surface area contributed by atoms with Crippen LogP contribution >= 0.6 is 23.5 Å². The van der Waals surface area contributed by atoms with E-state index in [0.717, 1.165) is 17.9 Å². The van der Waals surface area contributed by atoms with Crippen LogP contribution in [-0.2, 0) is 33.2 Å². The summed E-state index contributed by atoms with van der Waals surface area (Å²) >= 11 is 3.92. The van der Waals surface area contributed by atoms with Gasteiger partial charge in [-0.25, -0.2) is 0 Å². The standard InChI is InChI=1S/C45H88O7S2/c1-28(2)41(14,15)48-33(27-47-39(46)40(11,12)13)34(49-42(16,17)29(3)4)35(50-43(18,19)30(5)6)36(51-44(20,21)31(7)8)37(38-53-25-24-26-54-38)52-45(22,23)32(9)10/h28-38H,24-27H2,1-23H3/t33?,34-,35?,36-,37?/m1/s1. The number of rotatable bonds is 22. The normalized spacial score (nSPS) is 19.2. The Morgan fingerprint density at radius 1 is 0.500 bits per heavy atom. The summed E-state index contributed by atoms with van der Waals surface area (Å²) < 4.78 is 43.6. The van der Waals surface area contributed by atoms with Crippen molar-refractivity contribution < 1.29 is 33.2 Å². The van der Waals surface area contributed by atoms with Crippen LogP contribution < -0.4 is 0 Å². The average Bonchev–Trinajstić information content (AvgIpc) is 3.02. The van der Waals surface area contributed by atoms with Gasteiger partial charge in [-0.15, -0.1) is 23.5 Å². The molecule has 0 spiro atoms. The van der Waals surface area contributed by atoms with Crippen molar-refractivity contribution in [1.82, 2.24) is 0 Å². The molecule has 0 aromatic rings. The summed E-state index contributed by atoms with van der Waals surface area (Å²) in [5.74, 6) is 2.73. The summed E-state index contributed by atoms with van der Waals surface area (Å²) in [5, 5.41) is 0. The molecule has 54 heavy (non-hydrogen) atoms. The maximum Gasteiger partial charge on any atom is 0.311 e. The van der Waals surface area contributed by atoms with E-state index < -0.39 is 57.8 Å². The van der Waals surface area contributed by atoms with Gasteiger partial charge in [-0.3, -0.25) is 4.79 Å². The van der Waals surface area contributed by atoms with Crippen LogP contribution in [0.15, 0.2) is 0 Å². The lowest BCUT2D eigenvalue weighted by atomic mass is 9.88. The van der Waals surface area contributed by atoms with Crippen molar-refractivity contribution in [3.63, 3.8) is 0 Å². The molecule has 3 unspecified atom stereocenters. The second-order valence-corrected chi connectivity index (χ2v) is 23.9. The van der Waals surface area contributed by atoms with Crippen LogP contribution in [0.5, 0.6) is 0 Å². The molecule has 0 aromatic heterocycles. The van der Waals surface area contributed by atoms with E-state index in [1.54, 1.807) is 0 Å². The topological polar surface area (TPSA) is 72.5 Å². The predicted molar refractivity (Wildman–Crippen MR) is 233 cm³/mol. The van der Waals surface area contributed by atoms with Crippen LogP contribution in [-0.4, -0.2) is 87.2 Å². The first-order valence-electron chi connectivity index (χ1n) is 21.0. The lowest BCUT2D eigenvalue weighted by Crippen LogP contribution is -2.63. The number of thioether (sulfide) groups is 2. The number of ether oxygens (including phenoxy) is 6. The van der Waals surface area contributed by atoms with E-state index in [-0.39, 0.29) is 52.9 Å². The van der Waals surface area contributed by atoms with Crippen LogP contribution in [0.2, 0.25) is 0 Å². The highest BCUT2D eigenvalue weighted by Gasteiger charge is 2.53. The maximum absolute atomic E-state index is 13.5. The first-order chi connectivity index (χ1) is 24.2. The van der Waals surface area contributed by atoms with Gasteiger partial charge in [0.15, 0.2) is 0 Å². The molecule has 0 N–H and O–H groups in total. The predicted octanol–water partition coefficient (Wildman–Crippen LogP) is 11.9. The van der Waals surface area contributed by atoms with Crippen molar-refractivity contribution >= 4 is 29.5 Å². The molecule has 1 saturated heterocycles. The molecule has 322 valence electrons. The van der Waals surface area contributed by atoms with Crippen LogP contribution in [0.4, 0.5) is 0 Å². The number of hydrogen-bond donors (Lipinski definition) is 0. The van der Waals surface area contributed by atoms with Gasteiger partial charge in [-0.1, -0.05) is 69.2 Å². The van der Waals surface area contributed by atoms with Crippen molar-refractivity contribution in [3.05, 3.63) is 0 Å². The largest absolute Gasteiger partial charge is 0.462 e. The van der Waals surface area contributed by atoms with Gasteiger partial charge in [0.05, 0.1) is 38.0 Å². The van der Waals surface area contributed by atoms with Crippen molar-refractivity contribution in [3.8, 4) is 0 Å². The van der Waals surface area contributed by atoms with E-state index >= 15 is 0 Å². The smallest absolute Gasteiger partial charge is 0.311 e. The molecule has 0 radical (unpaired) electrons. The summed E-state index contributed by atoms with van der Waals surface area (Å²) in [6, 6.07) is 0. The van der Waals surface area contributed by atoms with E-state index in [9.17, 15) is 4.79 Å². The Bertz CT molecular complexity index is 1110. The zero-order valence-electron chi connectivity index (χ0n) is 39.4. The van der Waals surface area contributed by atoms with Gasteiger partial charge in [0.1, 0.15) is 37.1 Å². The maximum atomic E-state index is 13.5. The minimum absolute atomic E-state index is 0.00327. The molecule has 0 bridgehead atoms. The minimum atomic E-state index is -0.717. The Labute approximate surface area is 343 Å². The Morgan fingerprint density at radius 3 is 1.20 bits per heavy atom. The quantitative estimate of drug-likeness (QED) is 0.0995. The van der Waals surface area contributed by atoms with Crippen molar-refractivity contribution in [2.24, 2.45) is 35.0 Å². The van der Waals surface area contributed by atoms with Gasteiger partial charge in [0.25, 0.3) is 0 Å². The minimum Gasteiger partial charge on any atom is -0.462 e.